The number of carbonyl (C=O) groups is 1. The summed E-state index contributed by atoms with van der Waals surface area (Å²) >= 11 is 0. The molecule has 30 heavy (non-hydrogen) atoms. The van der Waals surface area contributed by atoms with E-state index in [1.165, 1.54) is 6.07 Å². The van der Waals surface area contributed by atoms with Crippen molar-refractivity contribution in [2.45, 2.75) is 26.2 Å². The maximum Gasteiger partial charge on any atom is 0.434 e. The van der Waals surface area contributed by atoms with Gasteiger partial charge in [0, 0.05) is 5.69 Å². The molecular weight excluding hydrogens is 412 g/mol. The van der Waals surface area contributed by atoms with Crippen LogP contribution in [0.5, 0.6) is 0 Å². The molecule has 0 aliphatic rings. The summed E-state index contributed by atoms with van der Waals surface area (Å²) < 4.78 is 80.4. The van der Waals surface area contributed by atoms with Crippen LogP contribution >= 0.6 is 0 Å². The molecular formula is C20H15F6N3O. The number of hydrogen-bond donors (Lipinski definition) is 1. The van der Waals surface area contributed by atoms with Gasteiger partial charge in [0.05, 0.1) is 23.0 Å². The van der Waals surface area contributed by atoms with Crippen LogP contribution in [-0.2, 0) is 12.4 Å². The second kappa shape index (κ2) is 7.51. The van der Waals surface area contributed by atoms with Crippen molar-refractivity contribution in [3.05, 3.63) is 76.6 Å². The zero-order chi connectivity index (χ0) is 22.3. The Bertz CT molecular complexity index is 1100. The van der Waals surface area contributed by atoms with Crippen LogP contribution in [0.15, 0.2) is 48.7 Å². The molecule has 0 atom stereocenters. The van der Waals surface area contributed by atoms with Gasteiger partial charge in [0.1, 0.15) is 0 Å². The van der Waals surface area contributed by atoms with E-state index in [0.29, 0.717) is 23.5 Å². The summed E-state index contributed by atoms with van der Waals surface area (Å²) in [5.41, 5.74) is -2.06. The summed E-state index contributed by atoms with van der Waals surface area (Å²) in [6.45, 7) is 3.47. The Labute approximate surface area is 167 Å². The second-order valence-electron chi connectivity index (χ2n) is 6.57. The molecule has 1 N–H and O–H groups in total. The lowest BCUT2D eigenvalue weighted by Crippen LogP contribution is -2.21. The molecule has 0 fully saturated rings. The van der Waals surface area contributed by atoms with Gasteiger partial charge < -0.3 is 5.32 Å². The molecule has 0 aliphatic heterocycles. The number of amides is 1. The monoisotopic (exact) mass is 427 g/mol. The summed E-state index contributed by atoms with van der Waals surface area (Å²) in [6.07, 6.45) is -9.10. The number of hydrogen-bond acceptors (Lipinski definition) is 2. The molecule has 1 amide bonds. The Morgan fingerprint density at radius 2 is 1.63 bits per heavy atom. The first-order valence-corrected chi connectivity index (χ1v) is 8.60. The largest absolute Gasteiger partial charge is 0.434 e. The fourth-order valence-corrected chi connectivity index (χ4v) is 2.87. The average Bonchev–Trinajstić information content (AvgIpc) is 3.11. The fraction of sp³-hybridized carbons (Fsp3) is 0.200. The van der Waals surface area contributed by atoms with E-state index in [4.69, 9.17) is 0 Å². The molecule has 0 unspecified atom stereocenters. The van der Waals surface area contributed by atoms with E-state index in [1.54, 1.807) is 26.0 Å². The molecule has 10 heteroatoms. The summed E-state index contributed by atoms with van der Waals surface area (Å²) in [5.74, 6) is -1.07. The highest BCUT2D eigenvalue weighted by Gasteiger charge is 2.41. The van der Waals surface area contributed by atoms with Crippen molar-refractivity contribution in [3.63, 3.8) is 0 Å². The highest BCUT2D eigenvalue weighted by atomic mass is 19.4. The zero-order valence-corrected chi connectivity index (χ0v) is 15.7. The van der Waals surface area contributed by atoms with Gasteiger partial charge in [-0.25, -0.2) is 4.68 Å². The van der Waals surface area contributed by atoms with Gasteiger partial charge in [-0.05, 0) is 49.2 Å². The average molecular weight is 427 g/mol. The minimum absolute atomic E-state index is 0.285. The lowest BCUT2D eigenvalue weighted by Gasteiger charge is -2.15. The van der Waals surface area contributed by atoms with Crippen LogP contribution in [0.3, 0.4) is 0 Å². The fourth-order valence-electron chi connectivity index (χ4n) is 2.87. The number of nitrogens with zero attached hydrogens (tertiary/aromatic N) is 2. The number of aromatic nitrogens is 2. The lowest BCUT2D eigenvalue weighted by molar-refractivity contribution is -0.143. The second-order valence-corrected chi connectivity index (χ2v) is 6.57. The summed E-state index contributed by atoms with van der Waals surface area (Å²) in [4.78, 5) is 12.6. The number of benzene rings is 2. The molecule has 0 aliphatic carbocycles. The summed E-state index contributed by atoms with van der Waals surface area (Å²) in [6, 6.07) is 8.22. The van der Waals surface area contributed by atoms with Crippen molar-refractivity contribution >= 4 is 11.6 Å². The van der Waals surface area contributed by atoms with E-state index in [9.17, 15) is 31.1 Å². The van der Waals surface area contributed by atoms with Crippen molar-refractivity contribution in [1.29, 1.82) is 0 Å². The highest BCUT2D eigenvalue weighted by Crippen LogP contribution is 2.36. The van der Waals surface area contributed by atoms with Gasteiger partial charge in [-0.1, -0.05) is 18.2 Å². The molecule has 0 radical (unpaired) electrons. The Kier molecular flexibility index (Phi) is 5.36. The van der Waals surface area contributed by atoms with Crippen molar-refractivity contribution in [1.82, 2.24) is 9.78 Å². The van der Waals surface area contributed by atoms with Gasteiger partial charge >= 0.3 is 12.4 Å². The SMILES string of the molecule is Cc1cccc(NC(=O)c2cnn(-c3cccc(C(F)(F)F)c3)c2C(F)(F)F)c1C. The van der Waals surface area contributed by atoms with Crippen LogP contribution in [0.2, 0.25) is 0 Å². The maximum absolute atomic E-state index is 13.7. The molecule has 0 spiro atoms. The van der Waals surface area contributed by atoms with Crippen molar-refractivity contribution in [3.8, 4) is 5.69 Å². The number of anilines is 1. The minimum Gasteiger partial charge on any atom is -0.322 e. The number of halogens is 6. The van der Waals surface area contributed by atoms with Gasteiger partial charge in [0.25, 0.3) is 5.91 Å². The summed E-state index contributed by atoms with van der Waals surface area (Å²) in [5, 5.41) is 5.96. The van der Waals surface area contributed by atoms with Crippen LogP contribution in [0.1, 0.15) is 32.7 Å². The zero-order valence-electron chi connectivity index (χ0n) is 15.7. The van der Waals surface area contributed by atoms with Gasteiger partial charge in [-0.3, -0.25) is 4.79 Å². The van der Waals surface area contributed by atoms with Crippen molar-refractivity contribution in [2.75, 3.05) is 5.32 Å². The molecule has 0 saturated heterocycles. The van der Waals surface area contributed by atoms with Crippen LogP contribution < -0.4 is 5.32 Å². The molecule has 1 heterocycles. The number of alkyl halides is 6. The van der Waals surface area contributed by atoms with E-state index >= 15 is 0 Å². The smallest absolute Gasteiger partial charge is 0.322 e. The van der Waals surface area contributed by atoms with E-state index < -0.39 is 40.8 Å². The van der Waals surface area contributed by atoms with Crippen LogP contribution in [0.4, 0.5) is 32.0 Å². The van der Waals surface area contributed by atoms with E-state index in [0.717, 1.165) is 23.8 Å². The normalized spacial score (nSPS) is 12.1. The summed E-state index contributed by atoms with van der Waals surface area (Å²) in [7, 11) is 0. The Morgan fingerprint density at radius 1 is 0.967 bits per heavy atom. The lowest BCUT2D eigenvalue weighted by atomic mass is 10.1. The molecule has 0 saturated carbocycles. The molecule has 0 bridgehead atoms. The van der Waals surface area contributed by atoms with E-state index in [2.05, 4.69) is 10.4 Å². The quantitative estimate of drug-likeness (QED) is 0.539. The molecule has 1 aromatic heterocycles. The predicted octanol–water partition coefficient (Wildman–Crippen LogP) is 5.78. The number of aryl methyl sites for hydroxylation is 1. The number of nitrogens with one attached hydrogen (secondary N) is 1. The predicted molar refractivity (Wildman–Crippen MR) is 97.4 cm³/mol. The van der Waals surface area contributed by atoms with E-state index in [-0.39, 0.29) is 4.68 Å². The van der Waals surface area contributed by atoms with Crippen molar-refractivity contribution in [2.24, 2.45) is 0 Å². The number of carbonyl (C=O) groups excluding carboxylic acids is 1. The first kappa shape index (κ1) is 21.4. The third-order valence-corrected chi connectivity index (χ3v) is 4.55. The van der Waals surface area contributed by atoms with Crippen LogP contribution in [0, 0.1) is 13.8 Å². The Morgan fingerprint density at radius 3 is 2.27 bits per heavy atom. The van der Waals surface area contributed by atoms with Gasteiger partial charge in [0.2, 0.25) is 0 Å². The van der Waals surface area contributed by atoms with Crippen molar-refractivity contribution < 1.29 is 31.1 Å². The third kappa shape index (κ3) is 4.17. The molecule has 158 valence electrons. The molecule has 2 aromatic carbocycles. The Balaban J connectivity index is 2.07. The molecule has 4 nitrogen and oxygen atoms in total. The van der Waals surface area contributed by atoms with Gasteiger partial charge in [-0.15, -0.1) is 0 Å². The highest BCUT2D eigenvalue weighted by molar-refractivity contribution is 6.05. The van der Waals surface area contributed by atoms with Crippen LogP contribution in [-0.4, -0.2) is 15.7 Å². The molecule has 3 rings (SSSR count). The third-order valence-electron chi connectivity index (χ3n) is 4.55. The number of rotatable bonds is 3. The molecule has 3 aromatic rings. The maximum atomic E-state index is 13.7. The standard InChI is InChI=1S/C20H15F6N3O/c1-11-5-3-8-16(12(11)2)28-18(30)15-10-27-29(17(15)20(24,25)26)14-7-4-6-13(9-14)19(21,22)23/h3-10H,1-2H3,(H,28,30). The van der Waals surface area contributed by atoms with Gasteiger partial charge in [-0.2, -0.15) is 31.4 Å². The van der Waals surface area contributed by atoms with Crippen LogP contribution in [0.25, 0.3) is 5.69 Å². The van der Waals surface area contributed by atoms with Gasteiger partial charge in [0.15, 0.2) is 5.69 Å². The first-order chi connectivity index (χ1) is 13.9. The van der Waals surface area contributed by atoms with E-state index in [1.807, 2.05) is 0 Å². The topological polar surface area (TPSA) is 46.9 Å². The Hall–Kier alpha value is -3.30. The first-order valence-electron chi connectivity index (χ1n) is 8.60. The minimum atomic E-state index is -5.04.